The Hall–Kier alpha value is -2.42. The largest absolute Gasteiger partial charge is 0.503 e. The molecule has 1 aliphatic rings. The fourth-order valence-corrected chi connectivity index (χ4v) is 2.90. The van der Waals surface area contributed by atoms with Crippen molar-refractivity contribution >= 4 is 23.6 Å². The molecule has 152 valence electrons. The van der Waals surface area contributed by atoms with Gasteiger partial charge in [-0.1, -0.05) is 0 Å². The number of nitrogens with zero attached hydrogens (tertiary/aromatic N) is 3. The van der Waals surface area contributed by atoms with E-state index in [0.29, 0.717) is 19.4 Å². The van der Waals surface area contributed by atoms with Crippen LogP contribution in [0.5, 0.6) is 0 Å². The molecule has 0 aromatic carbocycles. The zero-order chi connectivity index (χ0) is 20.7. The zero-order valence-electron chi connectivity index (χ0n) is 16.7. The second-order valence-corrected chi connectivity index (χ2v) is 6.65. The van der Waals surface area contributed by atoms with Crippen LogP contribution < -0.4 is 0 Å². The van der Waals surface area contributed by atoms with Gasteiger partial charge in [0.2, 0.25) is 0 Å². The third kappa shape index (κ3) is 5.78. The van der Waals surface area contributed by atoms with Gasteiger partial charge in [-0.3, -0.25) is 24.7 Å². The van der Waals surface area contributed by atoms with E-state index in [1.54, 1.807) is 0 Å². The summed E-state index contributed by atoms with van der Waals surface area (Å²) in [5.74, 6) is -2.17. The van der Waals surface area contributed by atoms with E-state index < -0.39 is 23.5 Å². The molecule has 3 amide bonds. The molecule has 2 atom stereocenters. The molecule has 1 saturated heterocycles. The van der Waals surface area contributed by atoms with E-state index in [0.717, 1.165) is 0 Å². The summed E-state index contributed by atoms with van der Waals surface area (Å²) in [5.41, 5.74) is 0. The van der Waals surface area contributed by atoms with Crippen molar-refractivity contribution in [1.82, 2.24) is 14.7 Å². The molecular weight excluding hydrogens is 352 g/mol. The molecule has 0 spiro atoms. The lowest BCUT2D eigenvalue weighted by atomic mass is 10.0. The monoisotopic (exact) mass is 382 g/mol. The van der Waals surface area contributed by atoms with Crippen molar-refractivity contribution < 1.29 is 24.2 Å². The number of hydrogen-bond acceptors (Lipinski definition) is 6. The number of aliphatic hydroxyl groups excluding tert-OH is 1. The van der Waals surface area contributed by atoms with Crippen LogP contribution in [-0.2, 0) is 19.1 Å². The lowest BCUT2D eigenvalue weighted by Gasteiger charge is -2.37. The maximum atomic E-state index is 12.3. The summed E-state index contributed by atoms with van der Waals surface area (Å²) in [7, 11) is 3.07. The Bertz CT molecular complexity index is 609. The molecule has 9 heteroatoms. The average Bonchev–Trinajstić information content (AvgIpc) is 2.65. The number of allylic oxidation sites excluding steroid dienone is 1. The van der Waals surface area contributed by atoms with Crippen LogP contribution in [0.3, 0.4) is 0 Å². The minimum atomic E-state index is -0.641. The van der Waals surface area contributed by atoms with Gasteiger partial charge in [0.05, 0.1) is 31.1 Å². The second-order valence-electron chi connectivity index (χ2n) is 6.65. The van der Waals surface area contributed by atoms with Gasteiger partial charge in [0, 0.05) is 20.6 Å². The van der Waals surface area contributed by atoms with Crippen LogP contribution in [0.15, 0.2) is 11.8 Å². The quantitative estimate of drug-likeness (QED) is 0.240. The fourth-order valence-electron chi connectivity index (χ4n) is 2.90. The summed E-state index contributed by atoms with van der Waals surface area (Å²) in [6, 6.07) is -0.211. The number of rotatable bonds is 5. The van der Waals surface area contributed by atoms with E-state index in [-0.39, 0.29) is 31.1 Å². The number of amidine groups is 1. The first kappa shape index (κ1) is 22.6. The Labute approximate surface area is 160 Å². The van der Waals surface area contributed by atoms with Crippen molar-refractivity contribution in [3.05, 3.63) is 11.8 Å². The number of likely N-dealkylation sites (N-methyl/N-ethyl adjacent to an activating group) is 2. The van der Waals surface area contributed by atoms with Crippen molar-refractivity contribution in [2.45, 2.75) is 45.8 Å². The van der Waals surface area contributed by atoms with E-state index >= 15 is 0 Å². The van der Waals surface area contributed by atoms with Gasteiger partial charge in [0.25, 0.3) is 5.91 Å². The van der Waals surface area contributed by atoms with Gasteiger partial charge in [-0.15, -0.1) is 0 Å². The highest BCUT2D eigenvalue weighted by Crippen LogP contribution is 2.20. The van der Waals surface area contributed by atoms with Gasteiger partial charge in [-0.2, -0.15) is 0 Å². The van der Waals surface area contributed by atoms with E-state index in [9.17, 15) is 19.5 Å². The normalized spacial score (nSPS) is 20.0. The maximum Gasteiger partial charge on any atom is 0.312 e. The van der Waals surface area contributed by atoms with Crippen LogP contribution in [0.1, 0.15) is 33.6 Å². The van der Waals surface area contributed by atoms with E-state index in [1.807, 2.05) is 6.92 Å². The Morgan fingerprint density at radius 1 is 1.19 bits per heavy atom. The molecule has 0 aromatic rings. The van der Waals surface area contributed by atoms with E-state index in [1.165, 1.54) is 48.7 Å². The molecule has 1 aliphatic heterocycles. The number of nitrogens with one attached hydrogen (secondary N) is 1. The maximum absolute atomic E-state index is 12.3. The summed E-state index contributed by atoms with van der Waals surface area (Å²) in [6.45, 7) is 5.62. The van der Waals surface area contributed by atoms with Crippen molar-refractivity contribution in [2.75, 3.05) is 33.8 Å². The smallest absolute Gasteiger partial charge is 0.312 e. The Morgan fingerprint density at radius 3 is 2.22 bits per heavy atom. The first-order valence-corrected chi connectivity index (χ1v) is 9.00. The molecule has 0 saturated carbocycles. The number of carbonyl (C=O) groups excluding carboxylic acids is 3. The highest BCUT2D eigenvalue weighted by atomic mass is 16.5. The molecule has 0 bridgehead atoms. The number of carbonyl (C=O) groups is 3. The summed E-state index contributed by atoms with van der Waals surface area (Å²) in [4.78, 5) is 40.3. The lowest BCUT2D eigenvalue weighted by Crippen LogP contribution is -2.52. The van der Waals surface area contributed by atoms with Gasteiger partial charge in [-0.05, 0) is 39.7 Å². The third-order valence-electron chi connectivity index (χ3n) is 4.51. The van der Waals surface area contributed by atoms with E-state index in [2.05, 4.69) is 0 Å². The summed E-state index contributed by atoms with van der Waals surface area (Å²) >= 11 is 0. The standard InChI is InChI=1S/C18H30N4O5/c1-6-15(23)16(24)22(12(3)19)10-14-9-8-13(11-27-14)21(7-2)18(26)17(25)20(4)5/h6,13-14,19,23H,7-11H2,1-5H3/b15-6-,19-12?. The van der Waals surface area contributed by atoms with Gasteiger partial charge in [0.15, 0.2) is 5.76 Å². The van der Waals surface area contributed by atoms with Gasteiger partial charge < -0.3 is 19.6 Å². The van der Waals surface area contributed by atoms with E-state index in [4.69, 9.17) is 10.1 Å². The number of ether oxygens (including phenoxy) is 1. The molecule has 1 fully saturated rings. The third-order valence-corrected chi connectivity index (χ3v) is 4.51. The van der Waals surface area contributed by atoms with Crippen molar-refractivity contribution in [3.63, 3.8) is 0 Å². The average molecular weight is 382 g/mol. The van der Waals surface area contributed by atoms with Crippen LogP contribution in [0.25, 0.3) is 0 Å². The number of amides is 3. The molecule has 0 radical (unpaired) electrons. The second kappa shape index (κ2) is 10.1. The highest BCUT2D eigenvalue weighted by molar-refractivity contribution is 6.34. The molecule has 0 aromatic heterocycles. The number of aliphatic hydroxyl groups is 1. The molecule has 0 aliphatic carbocycles. The first-order valence-electron chi connectivity index (χ1n) is 9.00. The molecule has 27 heavy (non-hydrogen) atoms. The number of hydrogen-bond donors (Lipinski definition) is 2. The van der Waals surface area contributed by atoms with Gasteiger partial charge >= 0.3 is 11.8 Å². The molecule has 2 unspecified atom stereocenters. The molecule has 2 N–H and O–H groups in total. The van der Waals surface area contributed by atoms with Crippen LogP contribution in [0.4, 0.5) is 0 Å². The molecule has 9 nitrogen and oxygen atoms in total. The Balaban J connectivity index is 2.71. The summed E-state index contributed by atoms with van der Waals surface area (Å²) < 4.78 is 5.80. The molecule has 1 heterocycles. The van der Waals surface area contributed by atoms with Crippen LogP contribution in [0.2, 0.25) is 0 Å². The lowest BCUT2D eigenvalue weighted by molar-refractivity contribution is -0.154. The SMILES string of the molecule is C/C=C(\O)C(=O)N(CC1CCC(N(CC)C(=O)C(=O)N(C)C)CO1)C(C)=N. The van der Waals surface area contributed by atoms with Crippen LogP contribution >= 0.6 is 0 Å². The summed E-state index contributed by atoms with van der Waals surface area (Å²) in [6.07, 6.45) is 2.16. The van der Waals surface area contributed by atoms with Crippen molar-refractivity contribution in [2.24, 2.45) is 0 Å². The zero-order valence-corrected chi connectivity index (χ0v) is 16.7. The topological polar surface area (TPSA) is 114 Å². The van der Waals surface area contributed by atoms with Crippen LogP contribution in [0, 0.1) is 5.41 Å². The predicted molar refractivity (Wildman–Crippen MR) is 100 cm³/mol. The molecular formula is C18H30N4O5. The van der Waals surface area contributed by atoms with Crippen LogP contribution in [-0.4, -0.2) is 89.3 Å². The summed E-state index contributed by atoms with van der Waals surface area (Å²) in [5, 5.41) is 17.4. The Kier molecular flexibility index (Phi) is 8.42. The highest BCUT2D eigenvalue weighted by Gasteiger charge is 2.33. The van der Waals surface area contributed by atoms with Crippen molar-refractivity contribution in [1.29, 1.82) is 5.41 Å². The van der Waals surface area contributed by atoms with Crippen molar-refractivity contribution in [3.8, 4) is 0 Å². The van der Waals surface area contributed by atoms with Gasteiger partial charge in [0.1, 0.15) is 0 Å². The minimum absolute atomic E-state index is 0.0149. The van der Waals surface area contributed by atoms with Gasteiger partial charge in [-0.25, -0.2) is 0 Å². The predicted octanol–water partition coefficient (Wildman–Crippen LogP) is 0.758. The Morgan fingerprint density at radius 2 is 1.81 bits per heavy atom. The fraction of sp³-hybridized carbons (Fsp3) is 0.667. The first-order chi connectivity index (χ1) is 12.6. The minimum Gasteiger partial charge on any atom is -0.503 e. The molecule has 1 rings (SSSR count).